The minimum Gasteiger partial charge on any atom is -0.391 e. The summed E-state index contributed by atoms with van der Waals surface area (Å²) in [6.07, 6.45) is 0. The van der Waals surface area contributed by atoms with E-state index in [0.29, 0.717) is 0 Å². The monoisotopic (exact) mass is 266 g/mol. The highest BCUT2D eigenvalue weighted by Gasteiger charge is 2.08. The van der Waals surface area contributed by atoms with Gasteiger partial charge in [-0.25, -0.2) is 4.98 Å². The molecule has 0 saturated heterocycles. The molecule has 0 bridgehead atoms. The van der Waals surface area contributed by atoms with Crippen LogP contribution in [0.25, 0.3) is 20.1 Å². The summed E-state index contributed by atoms with van der Waals surface area (Å²) in [6.45, 7) is 0. The number of anilines is 1. The summed E-state index contributed by atoms with van der Waals surface area (Å²) < 4.78 is 1.11. The zero-order chi connectivity index (χ0) is 11.1. The van der Waals surface area contributed by atoms with Crippen LogP contribution in [0, 0.1) is 0 Å². The van der Waals surface area contributed by atoms with E-state index in [2.05, 4.69) is 4.98 Å². The number of hydrogen-bond donors (Lipinski definition) is 1. The number of benzene rings is 1. The van der Waals surface area contributed by atoms with Gasteiger partial charge in [0.1, 0.15) is 5.01 Å². The number of aromatic nitrogens is 1. The first kappa shape index (κ1) is 10.1. The van der Waals surface area contributed by atoms with Crippen molar-refractivity contribution < 1.29 is 0 Å². The molecule has 16 heavy (non-hydrogen) atoms. The fourth-order valence-corrected chi connectivity index (χ4v) is 3.54. The van der Waals surface area contributed by atoms with Crippen LogP contribution in [-0.2, 0) is 0 Å². The quantitative estimate of drug-likeness (QED) is 0.715. The third-order valence-electron chi connectivity index (χ3n) is 2.19. The summed E-state index contributed by atoms with van der Waals surface area (Å²) in [7, 11) is 0. The number of halogens is 1. The summed E-state index contributed by atoms with van der Waals surface area (Å²) in [6, 6.07) is 9.64. The number of rotatable bonds is 1. The maximum absolute atomic E-state index is 5.94. The molecule has 0 aliphatic heterocycles. The van der Waals surface area contributed by atoms with Crippen LogP contribution in [-0.4, -0.2) is 4.98 Å². The molecule has 0 unspecified atom stereocenters. The Labute approximate surface area is 105 Å². The zero-order valence-corrected chi connectivity index (χ0v) is 10.5. The van der Waals surface area contributed by atoms with Crippen molar-refractivity contribution in [3.8, 4) is 9.88 Å². The van der Waals surface area contributed by atoms with Gasteiger partial charge >= 0.3 is 0 Å². The fraction of sp³-hybridized carbons (Fsp3) is 0. The summed E-state index contributed by atoms with van der Waals surface area (Å²) in [4.78, 5) is 5.66. The summed E-state index contributed by atoms with van der Waals surface area (Å²) in [5.74, 6) is 0. The third-order valence-corrected chi connectivity index (χ3v) is 4.52. The van der Waals surface area contributed by atoms with Gasteiger partial charge in [0.2, 0.25) is 0 Å². The number of nitrogens with zero attached hydrogens (tertiary/aromatic N) is 1. The number of hydrogen-bond acceptors (Lipinski definition) is 4. The predicted octanol–water partition coefficient (Wildman–Crippen LogP) is 4.26. The molecule has 2 aromatic heterocycles. The van der Waals surface area contributed by atoms with Gasteiger partial charge in [-0.3, -0.25) is 0 Å². The second-order valence-electron chi connectivity index (χ2n) is 3.33. The number of fused-ring (bicyclic) bond motifs is 1. The minimum atomic E-state index is 0.744. The highest BCUT2D eigenvalue weighted by Crippen LogP contribution is 2.35. The first-order valence-corrected chi connectivity index (χ1v) is 6.65. The van der Waals surface area contributed by atoms with Crippen molar-refractivity contribution >= 4 is 49.5 Å². The SMILES string of the molecule is Nc1ccc(-c2nc3ccc(Cl)cc3s2)s1. The first-order chi connectivity index (χ1) is 7.72. The van der Waals surface area contributed by atoms with Crippen LogP contribution in [0.2, 0.25) is 5.02 Å². The van der Waals surface area contributed by atoms with Gasteiger partial charge in [-0.1, -0.05) is 11.6 Å². The van der Waals surface area contributed by atoms with Crippen LogP contribution < -0.4 is 5.73 Å². The standard InChI is InChI=1S/C11H7ClN2S2/c12-6-1-2-7-9(5-6)16-11(14-7)8-3-4-10(13)15-8/h1-5H,13H2. The molecule has 0 saturated carbocycles. The molecule has 2 nitrogen and oxygen atoms in total. The minimum absolute atomic E-state index is 0.744. The second kappa shape index (κ2) is 3.73. The van der Waals surface area contributed by atoms with Crippen molar-refractivity contribution in [1.29, 1.82) is 0 Å². The lowest BCUT2D eigenvalue weighted by Crippen LogP contribution is -1.72. The average Bonchev–Trinajstić information content (AvgIpc) is 2.83. The van der Waals surface area contributed by atoms with E-state index in [9.17, 15) is 0 Å². The van der Waals surface area contributed by atoms with Crippen molar-refractivity contribution in [2.24, 2.45) is 0 Å². The van der Waals surface area contributed by atoms with Crippen LogP contribution in [0.3, 0.4) is 0 Å². The molecule has 0 aliphatic carbocycles. The van der Waals surface area contributed by atoms with Crippen molar-refractivity contribution in [2.45, 2.75) is 0 Å². The van der Waals surface area contributed by atoms with Crippen molar-refractivity contribution in [3.63, 3.8) is 0 Å². The zero-order valence-electron chi connectivity index (χ0n) is 8.11. The van der Waals surface area contributed by atoms with Gasteiger partial charge in [0.25, 0.3) is 0 Å². The van der Waals surface area contributed by atoms with Crippen molar-refractivity contribution in [3.05, 3.63) is 35.4 Å². The van der Waals surface area contributed by atoms with E-state index in [1.165, 1.54) is 0 Å². The van der Waals surface area contributed by atoms with Crippen LogP contribution in [0.1, 0.15) is 0 Å². The Hall–Kier alpha value is -1.10. The van der Waals surface area contributed by atoms with E-state index in [1.54, 1.807) is 22.7 Å². The normalized spacial score (nSPS) is 11.1. The average molecular weight is 267 g/mol. The Morgan fingerprint density at radius 1 is 1.12 bits per heavy atom. The Bertz CT molecular complexity index is 657. The van der Waals surface area contributed by atoms with Gasteiger partial charge < -0.3 is 5.73 Å². The molecular weight excluding hydrogens is 260 g/mol. The maximum Gasteiger partial charge on any atom is 0.134 e. The molecule has 2 heterocycles. The topological polar surface area (TPSA) is 38.9 Å². The summed E-state index contributed by atoms with van der Waals surface area (Å²) in [5.41, 5.74) is 6.69. The largest absolute Gasteiger partial charge is 0.391 e. The lowest BCUT2D eigenvalue weighted by atomic mass is 10.3. The summed E-state index contributed by atoms with van der Waals surface area (Å²) >= 11 is 9.13. The van der Waals surface area contributed by atoms with Gasteiger partial charge in [-0.15, -0.1) is 22.7 Å². The Morgan fingerprint density at radius 2 is 2.00 bits per heavy atom. The predicted molar refractivity (Wildman–Crippen MR) is 72.4 cm³/mol. The molecule has 3 aromatic rings. The van der Waals surface area contributed by atoms with Crippen LogP contribution in [0.4, 0.5) is 5.00 Å². The molecule has 0 atom stereocenters. The molecular formula is C11H7ClN2S2. The van der Waals surface area contributed by atoms with E-state index in [1.807, 2.05) is 30.3 Å². The van der Waals surface area contributed by atoms with Gasteiger partial charge in [0, 0.05) is 5.02 Å². The molecule has 1 aromatic carbocycles. The number of nitrogens with two attached hydrogens (primary N) is 1. The lowest BCUT2D eigenvalue weighted by Gasteiger charge is -1.86. The lowest BCUT2D eigenvalue weighted by molar-refractivity contribution is 1.50. The molecule has 0 spiro atoms. The van der Waals surface area contributed by atoms with Crippen LogP contribution >= 0.6 is 34.3 Å². The molecule has 5 heteroatoms. The van der Waals surface area contributed by atoms with Crippen molar-refractivity contribution in [2.75, 3.05) is 5.73 Å². The van der Waals surface area contributed by atoms with E-state index in [0.717, 1.165) is 30.1 Å². The van der Waals surface area contributed by atoms with Gasteiger partial charge in [-0.2, -0.15) is 0 Å². The Morgan fingerprint density at radius 3 is 2.75 bits per heavy atom. The van der Waals surface area contributed by atoms with E-state index >= 15 is 0 Å². The van der Waals surface area contributed by atoms with Crippen molar-refractivity contribution in [1.82, 2.24) is 4.98 Å². The number of thiazole rings is 1. The van der Waals surface area contributed by atoms with Crippen LogP contribution in [0.5, 0.6) is 0 Å². The van der Waals surface area contributed by atoms with Gasteiger partial charge in [0.05, 0.1) is 20.1 Å². The van der Waals surface area contributed by atoms with Gasteiger partial charge in [0.15, 0.2) is 0 Å². The molecule has 3 rings (SSSR count). The van der Waals surface area contributed by atoms with Crippen LogP contribution in [0.15, 0.2) is 30.3 Å². The Balaban J connectivity index is 2.18. The fourth-order valence-electron chi connectivity index (χ4n) is 1.47. The molecule has 80 valence electrons. The van der Waals surface area contributed by atoms with E-state index in [4.69, 9.17) is 17.3 Å². The Kier molecular flexibility index (Phi) is 2.35. The highest BCUT2D eigenvalue weighted by atomic mass is 35.5. The number of nitrogen functional groups attached to an aromatic ring is 1. The molecule has 0 fully saturated rings. The molecule has 2 N–H and O–H groups in total. The first-order valence-electron chi connectivity index (χ1n) is 4.64. The summed E-state index contributed by atoms with van der Waals surface area (Å²) in [5, 5.41) is 2.56. The highest BCUT2D eigenvalue weighted by molar-refractivity contribution is 7.26. The molecule has 0 amide bonds. The smallest absolute Gasteiger partial charge is 0.134 e. The van der Waals surface area contributed by atoms with E-state index in [-0.39, 0.29) is 0 Å². The number of thiophene rings is 1. The molecule has 0 radical (unpaired) electrons. The maximum atomic E-state index is 5.94. The third kappa shape index (κ3) is 1.69. The second-order valence-corrected chi connectivity index (χ2v) is 5.92. The molecule has 0 aliphatic rings. The van der Waals surface area contributed by atoms with Gasteiger partial charge in [-0.05, 0) is 30.3 Å². The van der Waals surface area contributed by atoms with E-state index < -0.39 is 0 Å².